The van der Waals surface area contributed by atoms with E-state index in [1.54, 1.807) is 0 Å². The molecule has 2 unspecified atom stereocenters. The van der Waals surface area contributed by atoms with E-state index in [4.69, 9.17) is 4.55 Å². The Balaban J connectivity index is 4.14. The smallest absolute Gasteiger partial charge is 0.263 e. The maximum atomic E-state index is 11.9. The van der Waals surface area contributed by atoms with Crippen molar-refractivity contribution in [2.24, 2.45) is 0 Å². The molecule has 0 aromatic rings. The summed E-state index contributed by atoms with van der Waals surface area (Å²) < 4.78 is 76.2. The third kappa shape index (κ3) is 4.46. The summed E-state index contributed by atoms with van der Waals surface area (Å²) in [5, 5.41) is 0. The van der Waals surface area contributed by atoms with Gasteiger partial charge in [-0.15, -0.1) is 0 Å². The van der Waals surface area contributed by atoms with Gasteiger partial charge >= 0.3 is 10.4 Å². The van der Waals surface area contributed by atoms with E-state index in [1.807, 2.05) is 0 Å². The lowest BCUT2D eigenvalue weighted by Gasteiger charge is -2.10. The molecule has 1 N–H and O–H groups in total. The monoisotopic (exact) mass is 212 g/mol. The Morgan fingerprint density at radius 3 is 1.83 bits per heavy atom. The van der Waals surface area contributed by atoms with Crippen LogP contribution < -0.4 is 0 Å². The van der Waals surface area contributed by atoms with Crippen molar-refractivity contribution in [3.8, 4) is 0 Å². The highest BCUT2D eigenvalue weighted by molar-refractivity contribution is 7.80. The quantitative estimate of drug-likeness (QED) is 0.550. The van der Waals surface area contributed by atoms with Gasteiger partial charge in [0.1, 0.15) is 0 Å². The largest absolute Gasteiger partial charge is 0.400 e. The summed E-state index contributed by atoms with van der Waals surface area (Å²) in [7, 11) is -5.25. The van der Waals surface area contributed by atoms with Gasteiger partial charge in [-0.25, -0.2) is 21.7 Å². The molecule has 4 nitrogen and oxygen atoms in total. The van der Waals surface area contributed by atoms with Gasteiger partial charge in [0.05, 0.1) is 0 Å². The van der Waals surface area contributed by atoms with Gasteiger partial charge in [-0.1, -0.05) is 0 Å². The molecule has 0 radical (unpaired) electrons. The van der Waals surface area contributed by atoms with E-state index in [9.17, 15) is 26.0 Å². The van der Waals surface area contributed by atoms with Crippen LogP contribution in [0, 0.1) is 0 Å². The Hall–Kier alpha value is -0.410. The second-order valence-corrected chi connectivity index (χ2v) is 2.70. The minimum absolute atomic E-state index is 2.87. The van der Waals surface area contributed by atoms with Gasteiger partial charge in [0.25, 0.3) is 12.8 Å². The van der Waals surface area contributed by atoms with Gasteiger partial charge in [-0.3, -0.25) is 4.55 Å². The van der Waals surface area contributed by atoms with Crippen molar-refractivity contribution in [1.82, 2.24) is 0 Å². The van der Waals surface area contributed by atoms with E-state index in [0.717, 1.165) is 0 Å². The molecule has 12 heavy (non-hydrogen) atoms. The second-order valence-electron chi connectivity index (χ2n) is 1.65. The summed E-state index contributed by atoms with van der Waals surface area (Å²) >= 11 is 0. The van der Waals surface area contributed by atoms with Crippen molar-refractivity contribution in [1.29, 1.82) is 0 Å². The standard InChI is InChI=1S/C3H4F4O4S/c4-1(2(5)6)3(7)11-12(8,9)10/h1-3H,(H,8,9,10). The van der Waals surface area contributed by atoms with Crippen LogP contribution >= 0.6 is 0 Å². The lowest BCUT2D eigenvalue weighted by molar-refractivity contribution is -0.0758. The number of alkyl halides is 4. The Bertz CT molecular complexity index is 226. The van der Waals surface area contributed by atoms with Crippen LogP contribution in [0.4, 0.5) is 17.6 Å². The van der Waals surface area contributed by atoms with Crippen molar-refractivity contribution < 1.29 is 34.7 Å². The zero-order valence-corrected chi connectivity index (χ0v) is 6.14. The molecule has 0 saturated carbocycles. The summed E-state index contributed by atoms with van der Waals surface area (Å²) in [4.78, 5) is 0. The molecular weight excluding hydrogens is 208 g/mol. The summed E-state index contributed by atoms with van der Waals surface area (Å²) in [6.07, 6.45) is -10.5. The average molecular weight is 212 g/mol. The van der Waals surface area contributed by atoms with E-state index in [0.29, 0.717) is 0 Å². The highest BCUT2D eigenvalue weighted by Crippen LogP contribution is 2.15. The molecule has 0 amide bonds. The van der Waals surface area contributed by atoms with E-state index >= 15 is 0 Å². The lowest BCUT2D eigenvalue weighted by Crippen LogP contribution is -2.29. The van der Waals surface area contributed by atoms with E-state index in [1.165, 1.54) is 0 Å². The average Bonchev–Trinajstić information content (AvgIpc) is 1.82. The van der Waals surface area contributed by atoms with Crippen LogP contribution in [0.25, 0.3) is 0 Å². The molecule has 0 heterocycles. The predicted octanol–water partition coefficient (Wildman–Crippen LogP) is 0.705. The first kappa shape index (κ1) is 11.6. The molecule has 0 aromatic heterocycles. The molecule has 0 aliphatic carbocycles. The third-order valence-corrected chi connectivity index (χ3v) is 1.13. The van der Waals surface area contributed by atoms with Crippen LogP contribution in [0.15, 0.2) is 0 Å². The Kier molecular flexibility index (Phi) is 3.87. The first-order valence-corrected chi connectivity index (χ1v) is 3.82. The van der Waals surface area contributed by atoms with Crippen molar-refractivity contribution in [2.45, 2.75) is 19.0 Å². The van der Waals surface area contributed by atoms with Crippen molar-refractivity contribution in [2.75, 3.05) is 0 Å². The molecule has 0 aliphatic heterocycles. The van der Waals surface area contributed by atoms with Crippen LogP contribution in [0.1, 0.15) is 0 Å². The van der Waals surface area contributed by atoms with Crippen molar-refractivity contribution in [3.05, 3.63) is 0 Å². The molecule has 74 valence electrons. The summed E-state index contributed by atoms with van der Waals surface area (Å²) in [6, 6.07) is 0. The van der Waals surface area contributed by atoms with Gasteiger partial charge in [0, 0.05) is 0 Å². The molecule has 2 atom stereocenters. The molecule has 0 saturated heterocycles. The second kappa shape index (κ2) is 4.01. The van der Waals surface area contributed by atoms with Gasteiger partial charge < -0.3 is 0 Å². The van der Waals surface area contributed by atoms with Gasteiger partial charge in [-0.05, 0) is 0 Å². The van der Waals surface area contributed by atoms with Crippen LogP contribution in [0.3, 0.4) is 0 Å². The lowest BCUT2D eigenvalue weighted by atomic mass is 10.4. The molecule has 9 heteroatoms. The fourth-order valence-corrected chi connectivity index (χ4v) is 0.622. The van der Waals surface area contributed by atoms with Crippen LogP contribution in [0.2, 0.25) is 0 Å². The fourth-order valence-electron chi connectivity index (χ4n) is 0.284. The minimum atomic E-state index is -5.25. The summed E-state index contributed by atoms with van der Waals surface area (Å²) in [5.74, 6) is 0. The number of hydrogen-bond donors (Lipinski definition) is 1. The molecule has 0 bridgehead atoms. The van der Waals surface area contributed by atoms with E-state index in [-0.39, 0.29) is 0 Å². The fraction of sp³-hybridized carbons (Fsp3) is 1.00. The maximum absolute atomic E-state index is 11.9. The SMILES string of the molecule is O=S(=O)(O)OC(F)C(F)C(F)F. The van der Waals surface area contributed by atoms with Gasteiger partial charge in [0.15, 0.2) is 0 Å². The minimum Gasteiger partial charge on any atom is -0.263 e. The maximum Gasteiger partial charge on any atom is 0.400 e. The van der Waals surface area contributed by atoms with E-state index in [2.05, 4.69) is 4.18 Å². The molecule has 0 spiro atoms. The molecule has 0 aliphatic rings. The van der Waals surface area contributed by atoms with Crippen molar-refractivity contribution >= 4 is 10.4 Å². The summed E-state index contributed by atoms with van der Waals surface area (Å²) in [6.45, 7) is 0. The molecule has 0 fully saturated rings. The highest BCUT2D eigenvalue weighted by atomic mass is 32.3. The molecule has 0 rings (SSSR count). The van der Waals surface area contributed by atoms with Gasteiger partial charge in [-0.2, -0.15) is 8.42 Å². The Labute approximate surface area is 65.1 Å². The first-order valence-electron chi connectivity index (χ1n) is 2.46. The zero-order chi connectivity index (χ0) is 9.94. The Morgan fingerprint density at radius 1 is 1.17 bits per heavy atom. The van der Waals surface area contributed by atoms with Crippen LogP contribution in [-0.4, -0.2) is 31.9 Å². The summed E-state index contributed by atoms with van der Waals surface area (Å²) in [5.41, 5.74) is 0. The molecular formula is C3H4F4O4S. The highest BCUT2D eigenvalue weighted by Gasteiger charge is 2.33. The Morgan fingerprint density at radius 2 is 1.58 bits per heavy atom. The van der Waals surface area contributed by atoms with Crippen LogP contribution in [-0.2, 0) is 14.6 Å². The van der Waals surface area contributed by atoms with Crippen LogP contribution in [0.5, 0.6) is 0 Å². The third-order valence-electron chi connectivity index (χ3n) is 0.705. The van der Waals surface area contributed by atoms with Gasteiger partial charge in [0.2, 0.25) is 6.17 Å². The topological polar surface area (TPSA) is 63.6 Å². The van der Waals surface area contributed by atoms with Crippen molar-refractivity contribution in [3.63, 3.8) is 0 Å². The number of halogens is 4. The first-order chi connectivity index (χ1) is 5.24. The predicted molar refractivity (Wildman–Crippen MR) is 28.4 cm³/mol. The number of hydrogen-bond acceptors (Lipinski definition) is 3. The number of rotatable bonds is 4. The van der Waals surface area contributed by atoms with E-state index < -0.39 is 29.4 Å². The zero-order valence-electron chi connectivity index (χ0n) is 5.32. The normalized spacial score (nSPS) is 17.8. The molecule has 0 aromatic carbocycles.